The molecular weight excluding hydrogens is 1400 g/mol. The van der Waals surface area contributed by atoms with Gasteiger partial charge in [-0.05, 0) is 13.8 Å². The molecule has 102 heavy (non-hydrogen) atoms. The number of amides is 3. The van der Waals surface area contributed by atoms with Crippen molar-refractivity contribution in [1.82, 2.24) is 16.0 Å². The minimum Gasteiger partial charge on any atom is -0.477 e. The Morgan fingerprint density at radius 2 is 0.833 bits per heavy atom. The quantitative estimate of drug-likeness (QED) is 0.0382. The molecule has 590 valence electrons. The second-order valence-electron chi connectivity index (χ2n) is 26.0. The molecule has 0 saturated carbocycles. The summed E-state index contributed by atoms with van der Waals surface area (Å²) >= 11 is 0. The van der Waals surface area contributed by atoms with Crippen LogP contribution in [0.5, 0.6) is 0 Å². The third-order valence-electron chi connectivity index (χ3n) is 18.7. The summed E-state index contributed by atoms with van der Waals surface area (Å²) in [5.41, 5.74) is 0. The fraction of sp³-hybridized carbons (Fsp3) is 0.930. The third kappa shape index (κ3) is 18.1. The van der Waals surface area contributed by atoms with Gasteiger partial charge in [0.15, 0.2) is 44.0 Å². The Kier molecular flexibility index (Phi) is 29.3. The molecule has 3 amide bonds. The Morgan fingerprint density at radius 1 is 0.422 bits per heavy atom. The molecule has 0 bridgehead atoms. The average Bonchev–Trinajstić information content (AvgIpc) is 0.754. The first-order valence-corrected chi connectivity index (χ1v) is 32.5. The highest BCUT2D eigenvalue weighted by Gasteiger charge is 2.63. The highest BCUT2D eigenvalue weighted by atomic mass is 16.8. The molecule has 45 nitrogen and oxygen atoms in total. The largest absolute Gasteiger partial charge is 0.477 e. The van der Waals surface area contributed by atoms with Gasteiger partial charge in [-0.3, -0.25) is 14.4 Å². The van der Waals surface area contributed by atoms with Crippen LogP contribution in [0.25, 0.3) is 0 Å². The van der Waals surface area contributed by atoms with Crippen LogP contribution in [-0.2, 0) is 90.2 Å². The van der Waals surface area contributed by atoms with Crippen LogP contribution >= 0.6 is 0 Å². The Hall–Kier alpha value is -3.60. The number of nitrogens with one attached hydrogen (secondary N) is 3. The van der Waals surface area contributed by atoms with Crippen LogP contribution in [0, 0.1) is 0 Å². The van der Waals surface area contributed by atoms with E-state index in [0.717, 1.165) is 20.8 Å². The topological polar surface area (TPSA) is 708 Å². The molecule has 26 N–H and O–H groups in total. The fourth-order valence-electron chi connectivity index (χ4n) is 13.2. The van der Waals surface area contributed by atoms with Crippen LogP contribution in [0.2, 0.25) is 0 Å². The molecule has 8 aliphatic heterocycles. The van der Waals surface area contributed by atoms with E-state index in [1.54, 1.807) is 0 Å². The molecule has 8 saturated heterocycles. The number of aliphatic hydroxyl groups excluding tert-OH is 22. The second-order valence-corrected chi connectivity index (χ2v) is 26.0. The average molecular weight is 1490 g/mol. The Labute approximate surface area is 577 Å². The van der Waals surface area contributed by atoms with Crippen molar-refractivity contribution in [1.29, 1.82) is 0 Å². The van der Waals surface area contributed by atoms with Crippen molar-refractivity contribution in [3.05, 3.63) is 0 Å². The predicted octanol–water partition coefficient (Wildman–Crippen LogP) is -16.8. The second kappa shape index (κ2) is 35.6. The van der Waals surface area contributed by atoms with E-state index in [9.17, 15) is 137 Å². The van der Waals surface area contributed by atoms with Crippen molar-refractivity contribution in [3.8, 4) is 0 Å². The number of ether oxygens (including phenoxy) is 15. The summed E-state index contributed by atoms with van der Waals surface area (Å²) in [6, 6.07) is -5.67. The van der Waals surface area contributed by atoms with E-state index in [0.29, 0.717) is 0 Å². The number of aliphatic carboxylic acids is 1. The van der Waals surface area contributed by atoms with Crippen molar-refractivity contribution < 1.29 is 208 Å². The van der Waals surface area contributed by atoms with Crippen molar-refractivity contribution in [2.45, 2.75) is 292 Å². The summed E-state index contributed by atoms with van der Waals surface area (Å²) in [5, 5.41) is 261. The Morgan fingerprint density at radius 3 is 1.34 bits per heavy atom. The number of carboxylic acids is 1. The first-order chi connectivity index (χ1) is 48.0. The van der Waals surface area contributed by atoms with E-state index in [1.165, 1.54) is 13.8 Å². The zero-order valence-electron chi connectivity index (χ0n) is 55.1. The van der Waals surface area contributed by atoms with Crippen molar-refractivity contribution in [2.75, 3.05) is 39.6 Å². The van der Waals surface area contributed by atoms with Gasteiger partial charge >= 0.3 is 5.97 Å². The van der Waals surface area contributed by atoms with Gasteiger partial charge < -0.3 is 204 Å². The minimum absolute atomic E-state index is 0.866. The fourth-order valence-corrected chi connectivity index (χ4v) is 13.2. The van der Waals surface area contributed by atoms with E-state index in [1.807, 2.05) is 0 Å². The molecular formula is C57H95N3O42. The van der Waals surface area contributed by atoms with E-state index >= 15 is 0 Å². The van der Waals surface area contributed by atoms with Crippen LogP contribution in [0.15, 0.2) is 0 Å². The number of hydrogen-bond acceptors (Lipinski definition) is 41. The lowest BCUT2D eigenvalue weighted by Crippen LogP contribution is -2.72. The van der Waals surface area contributed by atoms with Crippen LogP contribution < -0.4 is 16.0 Å². The molecule has 0 spiro atoms. The van der Waals surface area contributed by atoms with Crippen LogP contribution in [0.4, 0.5) is 0 Å². The number of rotatable bonds is 26. The zero-order valence-corrected chi connectivity index (χ0v) is 55.1. The van der Waals surface area contributed by atoms with Gasteiger partial charge in [-0.2, -0.15) is 0 Å². The van der Waals surface area contributed by atoms with Gasteiger partial charge in [0.25, 0.3) is 5.79 Å². The monoisotopic (exact) mass is 1490 g/mol. The van der Waals surface area contributed by atoms with Crippen molar-refractivity contribution >= 4 is 23.7 Å². The van der Waals surface area contributed by atoms with Gasteiger partial charge in [-0.1, -0.05) is 0 Å². The van der Waals surface area contributed by atoms with Gasteiger partial charge in [-0.25, -0.2) is 4.79 Å². The normalized spacial score (nSPS) is 48.7. The predicted molar refractivity (Wildman–Crippen MR) is 314 cm³/mol. The summed E-state index contributed by atoms with van der Waals surface area (Å²) in [6.07, 6.45) is -78.5. The SMILES string of the molecule is CC(=O)N[C@H]1[C@H](O[C@H]2[C@@H](O)[C@@H](CO[C@@H]3O[C@H](CO)[C@@H](O)[C@H](O[C@@H]4O[C@@H](C)[C@@H](O)[C@@H](O)[C@@H]4O)[C@H]3NC(C)=O)O[C@@H](O[C@H]3[C@H](O)[C@@H](O)[C@H](O)O[C@@H]3CO)[C@@H]2O)O[C@H](CO)[C@@H](O[C@@H]2O[C@@H](C)[C@@H](O)[C@@H](O)[C@@H]2O)[C@@H]1O[C@@H]1O[C@H](CO)[C@H](O)[C@H](O[C@]2(C(=O)O)C[C@H](O)[C@@H](NC(C)=O)[C@H]([C@H](O)[C@H](O)CO)O2)[C@H]1O. The number of carbonyl (C=O) groups is 4. The molecule has 0 aromatic heterocycles. The molecule has 8 aliphatic rings. The summed E-state index contributed by atoms with van der Waals surface area (Å²) in [6.45, 7) is -1.61. The molecule has 0 radical (unpaired) electrons. The van der Waals surface area contributed by atoms with Crippen LogP contribution in [-0.4, -0.2) is 432 Å². The van der Waals surface area contributed by atoms with E-state index in [-0.39, 0.29) is 0 Å². The molecule has 0 aromatic rings. The van der Waals surface area contributed by atoms with Gasteiger partial charge in [-0.15, -0.1) is 0 Å². The van der Waals surface area contributed by atoms with Crippen molar-refractivity contribution in [3.63, 3.8) is 0 Å². The highest BCUT2D eigenvalue weighted by Crippen LogP contribution is 2.42. The maximum atomic E-state index is 13.6. The third-order valence-corrected chi connectivity index (χ3v) is 18.7. The number of hydrogen-bond donors (Lipinski definition) is 26. The summed E-state index contributed by atoms with van der Waals surface area (Å²) in [7, 11) is 0. The van der Waals surface area contributed by atoms with Gasteiger partial charge in [0.1, 0.15) is 177 Å². The van der Waals surface area contributed by atoms with Gasteiger partial charge in [0.2, 0.25) is 17.7 Å². The molecule has 8 rings (SSSR count). The highest BCUT2D eigenvalue weighted by molar-refractivity contribution is 5.77. The Balaban J connectivity index is 1.18. The molecule has 0 aromatic carbocycles. The summed E-state index contributed by atoms with van der Waals surface area (Å²) in [5.74, 6) is -8.36. The standard InChI is InChI=1S/C57H95N3O42/c1-13-28(71)34(77)38(81)52(89-13)97-43-23(11-65)94-51(27(60-17(5)68)46(43)99-55-41(84)48(32(75)21(9-63)93-55)102-57(56(86)87)6-18(69)25(58-15(3)66)45(101-57)30(73)19(70)7-61)100-47-33(76)24(95-54(40(47)83)96-42-22(10-64)91-49(85)37(80)36(42)79)12-88-50-26(59-16(4)67)44(31(74)20(8-62)92-50)98-53-39(82)35(78)29(72)14(2)90-53/h13-14,18-55,61-65,69-85H,6-12H2,1-5H3,(H,58,66)(H,59,67)(H,60,68)(H,86,87)/t13-,14-,18-,19+,20+,21+,22+,23+,24+,25+,26+,27+,28+,29+,30+,31+,32-,33-,34+,35+,36+,37+,38-,39-,40+,41+,42+,43+,44+,45+,46+,47-,48-,49+,50+,51-,52-,53-,54-,55-,57-/m0/s1. The van der Waals surface area contributed by atoms with Gasteiger partial charge in [0, 0.05) is 27.2 Å². The van der Waals surface area contributed by atoms with E-state index in [2.05, 4.69) is 16.0 Å². The first kappa shape index (κ1) is 84.0. The molecule has 8 heterocycles. The van der Waals surface area contributed by atoms with Crippen molar-refractivity contribution in [2.24, 2.45) is 0 Å². The van der Waals surface area contributed by atoms with Gasteiger partial charge in [0.05, 0.1) is 64.0 Å². The lowest BCUT2D eigenvalue weighted by atomic mass is 9.88. The molecule has 0 aliphatic carbocycles. The maximum Gasteiger partial charge on any atom is 0.364 e. The zero-order chi connectivity index (χ0) is 75.6. The van der Waals surface area contributed by atoms with Crippen LogP contribution in [0.1, 0.15) is 41.0 Å². The molecule has 41 atom stereocenters. The summed E-state index contributed by atoms with van der Waals surface area (Å²) in [4.78, 5) is 52.2. The smallest absolute Gasteiger partial charge is 0.364 e. The molecule has 8 fully saturated rings. The number of carboxylic acid groups (broad SMARTS) is 1. The first-order valence-electron chi connectivity index (χ1n) is 32.5. The minimum atomic E-state index is -3.36. The molecule has 45 heteroatoms. The van der Waals surface area contributed by atoms with E-state index < -0.39 is 321 Å². The summed E-state index contributed by atoms with van der Waals surface area (Å²) < 4.78 is 88.8. The number of aliphatic hydroxyl groups is 22. The Bertz CT molecular complexity index is 2710. The maximum absolute atomic E-state index is 13.6. The molecule has 0 unspecified atom stereocenters. The number of carbonyl (C=O) groups excluding carboxylic acids is 3. The van der Waals surface area contributed by atoms with E-state index in [4.69, 9.17) is 71.1 Å². The van der Waals surface area contributed by atoms with Crippen LogP contribution in [0.3, 0.4) is 0 Å². The lowest BCUT2D eigenvalue weighted by molar-refractivity contribution is -0.399. The lowest BCUT2D eigenvalue weighted by Gasteiger charge is -2.52.